The summed E-state index contributed by atoms with van der Waals surface area (Å²) >= 11 is 0. The molecule has 0 aliphatic rings. The van der Waals surface area contributed by atoms with Gasteiger partial charge >= 0.3 is 0 Å². The molecule has 4 aromatic rings. The highest BCUT2D eigenvalue weighted by molar-refractivity contribution is 7.20. The molecular formula is C32H44O4Si5. The van der Waals surface area contributed by atoms with Crippen LogP contribution in [0, 0.1) is 0 Å². The maximum absolute atomic E-state index is 10.8. The van der Waals surface area contributed by atoms with Crippen LogP contribution in [-0.4, -0.2) is 60.5 Å². The van der Waals surface area contributed by atoms with Gasteiger partial charge in [0, 0.05) is 0 Å². The van der Waals surface area contributed by atoms with E-state index >= 15 is 0 Å². The van der Waals surface area contributed by atoms with Crippen molar-refractivity contribution in [2.24, 2.45) is 0 Å². The van der Waals surface area contributed by atoms with E-state index in [1.165, 1.54) is 20.7 Å². The van der Waals surface area contributed by atoms with Gasteiger partial charge in [-0.25, -0.2) is 0 Å². The molecule has 9 heteroatoms. The van der Waals surface area contributed by atoms with Crippen LogP contribution in [0.15, 0.2) is 97.1 Å². The van der Waals surface area contributed by atoms with Crippen LogP contribution in [0.1, 0.15) is 0 Å². The Morgan fingerprint density at radius 3 is 0.512 bits per heavy atom. The first-order valence-corrected chi connectivity index (χ1v) is 28.0. The van der Waals surface area contributed by atoms with Crippen LogP contribution in [0.2, 0.25) is 52.4 Å². The first-order chi connectivity index (χ1) is 18.8. The van der Waals surface area contributed by atoms with Crippen LogP contribution < -0.4 is 41.5 Å². The van der Waals surface area contributed by atoms with Gasteiger partial charge in [-0.05, 0) is 93.9 Å². The minimum atomic E-state index is -2.89. The standard InChI is InChI=1S/C32H44O4Si5/c1-37(2,33)25-9-17-29(18-10-25)41(30-19-11-26(12-20-30)38(3,4)34,31-21-13-27(14-22-31)39(5,6)35)32-23-15-28(16-24-32)40(7,8)36/h9-24,33-36H,1-8H3. The van der Waals surface area contributed by atoms with E-state index in [2.05, 4.69) is 97.1 Å². The molecule has 4 N–H and O–H groups in total. The smallest absolute Gasteiger partial charge is 0.213 e. The van der Waals surface area contributed by atoms with Crippen LogP contribution in [0.25, 0.3) is 0 Å². The van der Waals surface area contributed by atoms with E-state index in [1.54, 1.807) is 0 Å². The van der Waals surface area contributed by atoms with Gasteiger partial charge in [-0.15, -0.1) is 0 Å². The molecule has 0 radical (unpaired) electrons. The monoisotopic (exact) mass is 632 g/mol. The molecule has 4 nitrogen and oxygen atoms in total. The molecule has 0 fully saturated rings. The van der Waals surface area contributed by atoms with Gasteiger partial charge in [0.15, 0.2) is 8.07 Å². The summed E-state index contributed by atoms with van der Waals surface area (Å²) in [6.07, 6.45) is 0. The Morgan fingerprint density at radius 1 is 0.268 bits per heavy atom. The van der Waals surface area contributed by atoms with Gasteiger partial charge in [-0.2, -0.15) is 0 Å². The van der Waals surface area contributed by atoms with E-state index in [4.69, 9.17) is 0 Å². The SMILES string of the molecule is C[Si](C)(O)c1ccc([Si](c2ccc([Si](C)(C)O)cc2)(c2ccc([Si](C)(C)O)cc2)c2ccc([Si](C)(C)O)cc2)cc1. The second kappa shape index (κ2) is 11.1. The summed E-state index contributed by atoms with van der Waals surface area (Å²) in [6.45, 7) is 15.5. The lowest BCUT2D eigenvalue weighted by Gasteiger charge is -2.35. The summed E-state index contributed by atoms with van der Waals surface area (Å²) < 4.78 is 0. The second-order valence-corrected chi connectivity index (χ2v) is 31.9. The normalized spacial score (nSPS) is 13.4. The first kappa shape index (κ1) is 31.7. The molecule has 0 spiro atoms. The Labute approximate surface area is 250 Å². The molecule has 0 saturated heterocycles. The van der Waals surface area contributed by atoms with Crippen molar-refractivity contribution in [2.75, 3.05) is 0 Å². The van der Waals surface area contributed by atoms with E-state index in [-0.39, 0.29) is 0 Å². The van der Waals surface area contributed by atoms with E-state index in [1.807, 2.05) is 52.4 Å². The second-order valence-electron chi connectivity index (χ2n) is 13.3. The molecule has 4 rings (SSSR count). The molecular weight excluding hydrogens is 589 g/mol. The predicted molar refractivity (Wildman–Crippen MR) is 187 cm³/mol. The van der Waals surface area contributed by atoms with Crippen molar-refractivity contribution < 1.29 is 19.2 Å². The fourth-order valence-corrected chi connectivity index (χ4v) is 14.1. The highest BCUT2D eigenvalue weighted by atomic mass is 28.4. The van der Waals surface area contributed by atoms with Crippen molar-refractivity contribution >= 4 is 82.8 Å². The van der Waals surface area contributed by atoms with E-state index in [0.717, 1.165) is 20.7 Å². The predicted octanol–water partition coefficient (Wildman–Crippen LogP) is 0.682. The molecule has 0 aliphatic carbocycles. The third-order valence-electron chi connectivity index (χ3n) is 8.10. The average Bonchev–Trinajstić information content (AvgIpc) is 2.88. The maximum atomic E-state index is 10.8. The molecule has 0 atom stereocenters. The van der Waals surface area contributed by atoms with Crippen LogP contribution in [0.4, 0.5) is 0 Å². The summed E-state index contributed by atoms with van der Waals surface area (Å²) in [5.74, 6) is 0. The van der Waals surface area contributed by atoms with E-state index in [0.29, 0.717) is 0 Å². The highest BCUT2D eigenvalue weighted by Gasteiger charge is 2.42. The Morgan fingerprint density at radius 2 is 0.390 bits per heavy atom. The Hall–Kier alpha value is -2.20. The quantitative estimate of drug-likeness (QED) is 0.170. The van der Waals surface area contributed by atoms with Crippen molar-refractivity contribution in [3.05, 3.63) is 97.1 Å². The van der Waals surface area contributed by atoms with Crippen LogP contribution in [0.5, 0.6) is 0 Å². The summed E-state index contributed by atoms with van der Waals surface area (Å²) in [6, 6.07) is 34.1. The zero-order valence-corrected chi connectivity index (χ0v) is 30.5. The van der Waals surface area contributed by atoms with Crippen molar-refractivity contribution in [3.63, 3.8) is 0 Å². The van der Waals surface area contributed by atoms with Gasteiger partial charge < -0.3 is 19.2 Å². The van der Waals surface area contributed by atoms with Gasteiger partial charge in [-0.3, -0.25) is 0 Å². The van der Waals surface area contributed by atoms with Gasteiger partial charge in [0.1, 0.15) is 0 Å². The van der Waals surface area contributed by atoms with Crippen molar-refractivity contribution in [1.82, 2.24) is 0 Å². The lowest BCUT2D eigenvalue weighted by Crippen LogP contribution is -2.75. The fourth-order valence-electron chi connectivity index (χ4n) is 5.51. The summed E-state index contributed by atoms with van der Waals surface area (Å²) in [5.41, 5.74) is 0. The first-order valence-electron chi connectivity index (χ1n) is 14.2. The van der Waals surface area contributed by atoms with Crippen molar-refractivity contribution in [2.45, 2.75) is 52.4 Å². The van der Waals surface area contributed by atoms with E-state index in [9.17, 15) is 19.2 Å². The van der Waals surface area contributed by atoms with Gasteiger partial charge in [0.05, 0.1) is 0 Å². The largest absolute Gasteiger partial charge is 0.428 e. The van der Waals surface area contributed by atoms with Crippen LogP contribution in [-0.2, 0) is 0 Å². The molecule has 0 saturated carbocycles. The average molecular weight is 633 g/mol. The minimum absolute atomic E-state index is 0.985. The molecule has 0 aromatic heterocycles. The van der Waals surface area contributed by atoms with Crippen LogP contribution in [0.3, 0.4) is 0 Å². The Balaban J connectivity index is 2.09. The highest BCUT2D eigenvalue weighted by Crippen LogP contribution is 2.11. The molecule has 0 bridgehead atoms. The summed E-state index contributed by atoms with van der Waals surface area (Å²) in [5, 5.41) is 8.70. The number of benzene rings is 4. The third kappa shape index (κ3) is 6.58. The van der Waals surface area contributed by atoms with Crippen LogP contribution >= 0.6 is 0 Å². The fraction of sp³-hybridized carbons (Fsp3) is 0.250. The molecule has 41 heavy (non-hydrogen) atoms. The van der Waals surface area contributed by atoms with Crippen molar-refractivity contribution in [3.8, 4) is 0 Å². The van der Waals surface area contributed by atoms with Gasteiger partial charge in [0.25, 0.3) is 0 Å². The summed E-state index contributed by atoms with van der Waals surface area (Å²) in [7, 11) is -12.9. The molecule has 0 amide bonds. The molecule has 0 unspecified atom stereocenters. The Bertz CT molecular complexity index is 1240. The Kier molecular flexibility index (Phi) is 8.62. The molecule has 0 heterocycles. The third-order valence-corrected chi connectivity index (χ3v) is 19.9. The summed E-state index contributed by atoms with van der Waals surface area (Å²) in [4.78, 5) is 43.4. The van der Waals surface area contributed by atoms with Gasteiger partial charge in [0.2, 0.25) is 33.3 Å². The van der Waals surface area contributed by atoms with Gasteiger partial charge in [-0.1, -0.05) is 97.1 Å². The zero-order chi connectivity index (χ0) is 30.4. The van der Waals surface area contributed by atoms with E-state index < -0.39 is 41.3 Å². The minimum Gasteiger partial charge on any atom is -0.428 e. The van der Waals surface area contributed by atoms with Crippen molar-refractivity contribution in [1.29, 1.82) is 0 Å². The lowest BCUT2D eigenvalue weighted by molar-refractivity contribution is 0.567. The molecule has 0 aliphatic heterocycles. The molecule has 216 valence electrons. The number of hydrogen-bond acceptors (Lipinski definition) is 4. The maximum Gasteiger partial charge on any atom is 0.213 e. The molecule has 4 aromatic carbocycles. The number of rotatable bonds is 8. The zero-order valence-electron chi connectivity index (χ0n) is 25.5. The lowest BCUT2D eigenvalue weighted by atomic mass is 10.3. The number of hydrogen-bond donors (Lipinski definition) is 4. The topological polar surface area (TPSA) is 80.9 Å².